The highest BCUT2D eigenvalue weighted by Gasteiger charge is 2.13. The molecule has 0 saturated carbocycles. The van der Waals surface area contributed by atoms with E-state index in [0.717, 1.165) is 34.3 Å². The quantitative estimate of drug-likeness (QED) is 0.651. The van der Waals surface area contributed by atoms with E-state index < -0.39 is 0 Å². The van der Waals surface area contributed by atoms with Gasteiger partial charge in [-0.2, -0.15) is 5.10 Å². The third kappa shape index (κ3) is 3.71. The molecule has 1 heterocycles. The molecule has 0 bridgehead atoms. The number of rotatable bonds is 6. The van der Waals surface area contributed by atoms with Crippen molar-refractivity contribution in [3.63, 3.8) is 0 Å². The number of nitrogens with zero attached hydrogens (tertiary/aromatic N) is 2. The first-order chi connectivity index (χ1) is 11.7. The van der Waals surface area contributed by atoms with Gasteiger partial charge in [0.25, 0.3) is 0 Å². The van der Waals surface area contributed by atoms with Crippen molar-refractivity contribution in [1.29, 1.82) is 0 Å². The van der Waals surface area contributed by atoms with E-state index in [4.69, 9.17) is 17.0 Å². The van der Waals surface area contributed by atoms with Gasteiger partial charge in [0.2, 0.25) is 0 Å². The fourth-order valence-electron chi connectivity index (χ4n) is 2.48. The number of aromatic nitrogens is 3. The first kappa shape index (κ1) is 16.8. The van der Waals surface area contributed by atoms with Gasteiger partial charge in [-0.25, -0.2) is 0 Å². The van der Waals surface area contributed by atoms with Gasteiger partial charge in [0.15, 0.2) is 4.77 Å². The number of methoxy groups -OCH3 is 1. The predicted octanol–water partition coefficient (Wildman–Crippen LogP) is 4.68. The van der Waals surface area contributed by atoms with Crippen LogP contribution in [0.25, 0.3) is 5.69 Å². The number of nitrogens with one attached hydrogen (secondary N) is 1. The Kier molecular flexibility index (Phi) is 5.37. The fraction of sp³-hybridized carbons (Fsp3) is 0.222. The molecule has 0 aliphatic carbocycles. The fourth-order valence-corrected chi connectivity index (χ4v) is 3.64. The first-order valence-electron chi connectivity index (χ1n) is 7.62. The third-order valence-corrected chi connectivity index (χ3v) is 4.93. The van der Waals surface area contributed by atoms with Gasteiger partial charge in [0, 0.05) is 5.75 Å². The smallest absolute Gasteiger partial charge is 0.200 e. The Bertz CT molecular complexity index is 871. The molecule has 3 aromatic rings. The Hall–Kier alpha value is -2.05. The Balaban J connectivity index is 1.84. The van der Waals surface area contributed by atoms with Gasteiger partial charge < -0.3 is 4.74 Å². The molecule has 0 aliphatic rings. The molecule has 0 spiro atoms. The molecular weight excluding hydrogens is 338 g/mol. The van der Waals surface area contributed by atoms with Crippen molar-refractivity contribution in [3.8, 4) is 11.4 Å². The highest BCUT2D eigenvalue weighted by atomic mass is 32.2. The van der Waals surface area contributed by atoms with E-state index in [0.29, 0.717) is 4.77 Å². The highest BCUT2D eigenvalue weighted by Crippen LogP contribution is 2.27. The van der Waals surface area contributed by atoms with E-state index in [1.165, 1.54) is 5.56 Å². The normalized spacial score (nSPS) is 10.8. The van der Waals surface area contributed by atoms with E-state index in [1.54, 1.807) is 7.11 Å². The van der Waals surface area contributed by atoms with Crippen molar-refractivity contribution in [2.45, 2.75) is 18.4 Å². The van der Waals surface area contributed by atoms with Crippen LogP contribution in [-0.4, -0.2) is 21.9 Å². The van der Waals surface area contributed by atoms with Crippen LogP contribution in [0.2, 0.25) is 0 Å². The van der Waals surface area contributed by atoms with Crippen molar-refractivity contribution in [2.75, 3.05) is 7.11 Å². The zero-order chi connectivity index (χ0) is 16.9. The zero-order valence-corrected chi connectivity index (χ0v) is 15.3. The lowest BCUT2D eigenvalue weighted by molar-refractivity contribution is 0.412. The summed E-state index contributed by atoms with van der Waals surface area (Å²) in [5, 5.41) is 7.30. The van der Waals surface area contributed by atoms with E-state index in [1.807, 2.05) is 34.5 Å². The van der Waals surface area contributed by atoms with Crippen LogP contribution in [0.15, 0.2) is 48.5 Å². The summed E-state index contributed by atoms with van der Waals surface area (Å²) in [7, 11) is 1.67. The van der Waals surface area contributed by atoms with E-state index in [2.05, 4.69) is 47.5 Å². The van der Waals surface area contributed by atoms with Crippen molar-refractivity contribution >= 4 is 24.0 Å². The van der Waals surface area contributed by atoms with Gasteiger partial charge in [-0.15, -0.1) is 11.8 Å². The van der Waals surface area contributed by atoms with Crippen molar-refractivity contribution in [2.24, 2.45) is 0 Å². The summed E-state index contributed by atoms with van der Waals surface area (Å²) in [4.78, 5) is 0. The molecule has 6 heteroatoms. The average Bonchev–Trinajstić information content (AvgIpc) is 2.96. The van der Waals surface area contributed by atoms with Crippen LogP contribution in [-0.2, 0) is 11.5 Å². The minimum absolute atomic E-state index is 0.578. The van der Waals surface area contributed by atoms with E-state index in [9.17, 15) is 0 Å². The minimum Gasteiger partial charge on any atom is -0.495 e. The average molecular weight is 358 g/mol. The standard InChI is InChI=1S/C18H19N3OS2/c1-13-8-9-16(22-2)15(10-13)21-17(19-20-18(21)23)12-24-11-14-6-4-3-5-7-14/h3-10H,11-12H2,1-2H3,(H,20,23). The number of hydrogen-bond acceptors (Lipinski definition) is 4. The van der Waals surface area contributed by atoms with Gasteiger partial charge in [0.05, 0.1) is 18.6 Å². The molecule has 1 N–H and O–H groups in total. The van der Waals surface area contributed by atoms with Gasteiger partial charge in [-0.1, -0.05) is 36.4 Å². The van der Waals surface area contributed by atoms with Crippen LogP contribution in [0, 0.1) is 11.7 Å². The molecule has 0 radical (unpaired) electrons. The number of ether oxygens (including phenoxy) is 1. The van der Waals surface area contributed by atoms with E-state index in [-0.39, 0.29) is 0 Å². The van der Waals surface area contributed by atoms with Crippen LogP contribution in [0.4, 0.5) is 0 Å². The molecule has 124 valence electrons. The molecule has 0 saturated heterocycles. The maximum atomic E-state index is 5.49. The van der Waals surface area contributed by atoms with Gasteiger partial charge in [0.1, 0.15) is 11.6 Å². The summed E-state index contributed by atoms with van der Waals surface area (Å²) in [6, 6.07) is 16.5. The molecule has 0 atom stereocenters. The summed E-state index contributed by atoms with van der Waals surface area (Å²) in [6.07, 6.45) is 0. The molecule has 24 heavy (non-hydrogen) atoms. The second kappa shape index (κ2) is 7.68. The molecule has 0 aliphatic heterocycles. The molecular formula is C18H19N3OS2. The molecule has 0 fully saturated rings. The van der Waals surface area contributed by atoms with Crippen LogP contribution >= 0.6 is 24.0 Å². The number of aromatic amines is 1. The second-order valence-corrected chi connectivity index (χ2v) is 6.81. The molecule has 4 nitrogen and oxygen atoms in total. The van der Waals surface area contributed by atoms with Crippen LogP contribution < -0.4 is 4.74 Å². The number of H-pyrrole nitrogens is 1. The molecule has 0 amide bonds. The lowest BCUT2D eigenvalue weighted by Gasteiger charge is -2.12. The summed E-state index contributed by atoms with van der Waals surface area (Å²) >= 11 is 7.24. The first-order valence-corrected chi connectivity index (χ1v) is 9.18. The number of benzene rings is 2. The van der Waals surface area contributed by atoms with E-state index >= 15 is 0 Å². The molecule has 2 aromatic carbocycles. The van der Waals surface area contributed by atoms with Crippen molar-refractivity contribution in [1.82, 2.24) is 14.8 Å². The Morgan fingerprint density at radius 3 is 2.71 bits per heavy atom. The van der Waals surface area contributed by atoms with Gasteiger partial charge >= 0.3 is 0 Å². The Morgan fingerprint density at radius 2 is 1.96 bits per heavy atom. The molecule has 1 aromatic heterocycles. The molecule has 3 rings (SSSR count). The summed E-state index contributed by atoms with van der Waals surface area (Å²) < 4.78 is 8.03. The maximum absolute atomic E-state index is 5.49. The zero-order valence-electron chi connectivity index (χ0n) is 13.7. The molecule has 0 unspecified atom stereocenters. The lowest BCUT2D eigenvalue weighted by atomic mass is 10.2. The van der Waals surface area contributed by atoms with Crippen LogP contribution in [0.3, 0.4) is 0 Å². The largest absolute Gasteiger partial charge is 0.495 e. The maximum Gasteiger partial charge on any atom is 0.200 e. The summed E-state index contributed by atoms with van der Waals surface area (Å²) in [5.74, 6) is 3.38. The number of thioether (sulfide) groups is 1. The van der Waals surface area contributed by atoms with Gasteiger partial charge in [-0.05, 0) is 42.4 Å². The lowest BCUT2D eigenvalue weighted by Crippen LogP contribution is -2.03. The van der Waals surface area contributed by atoms with Crippen LogP contribution in [0.5, 0.6) is 5.75 Å². The minimum atomic E-state index is 0.578. The summed E-state index contributed by atoms with van der Waals surface area (Å²) in [5.41, 5.74) is 3.37. The second-order valence-electron chi connectivity index (χ2n) is 5.43. The highest BCUT2D eigenvalue weighted by molar-refractivity contribution is 7.97. The Morgan fingerprint density at radius 1 is 1.17 bits per heavy atom. The van der Waals surface area contributed by atoms with Crippen molar-refractivity contribution in [3.05, 3.63) is 70.3 Å². The third-order valence-electron chi connectivity index (χ3n) is 3.66. The number of aryl methyl sites for hydroxylation is 1. The SMILES string of the molecule is COc1ccc(C)cc1-n1c(CSCc2ccccc2)n[nH]c1=S. The predicted molar refractivity (Wildman–Crippen MR) is 101 cm³/mol. The van der Waals surface area contributed by atoms with Crippen molar-refractivity contribution < 1.29 is 4.74 Å². The van der Waals surface area contributed by atoms with Gasteiger partial charge in [-0.3, -0.25) is 9.67 Å². The topological polar surface area (TPSA) is 42.8 Å². The summed E-state index contributed by atoms with van der Waals surface area (Å²) in [6.45, 7) is 2.05. The van der Waals surface area contributed by atoms with Crippen LogP contribution in [0.1, 0.15) is 17.0 Å². The number of hydrogen-bond donors (Lipinski definition) is 1. The monoisotopic (exact) mass is 357 g/mol. The Labute approximate surface area is 150 Å².